The quantitative estimate of drug-likeness (QED) is 0.817. The van der Waals surface area contributed by atoms with Gasteiger partial charge in [-0.1, -0.05) is 6.07 Å². The number of aromatic nitrogens is 2. The van der Waals surface area contributed by atoms with Crippen LogP contribution < -0.4 is 16.2 Å². The third-order valence-corrected chi connectivity index (χ3v) is 3.07. The van der Waals surface area contributed by atoms with Crippen molar-refractivity contribution in [3.8, 4) is 17.0 Å². The van der Waals surface area contributed by atoms with Gasteiger partial charge in [0.05, 0.1) is 11.3 Å². The van der Waals surface area contributed by atoms with Crippen LogP contribution in [0.15, 0.2) is 30.5 Å². The molecule has 0 saturated heterocycles. The summed E-state index contributed by atoms with van der Waals surface area (Å²) in [7, 11) is 3.22. The number of nitrogen functional groups attached to an aromatic ring is 1. The first-order chi connectivity index (χ1) is 10.9. The van der Waals surface area contributed by atoms with Gasteiger partial charge in [-0.3, -0.25) is 9.59 Å². The molecule has 23 heavy (non-hydrogen) atoms. The number of nitrogens with two attached hydrogens (primary N) is 2. The van der Waals surface area contributed by atoms with Gasteiger partial charge in [0.2, 0.25) is 5.95 Å². The van der Waals surface area contributed by atoms with Gasteiger partial charge in [-0.2, -0.15) is 0 Å². The molecule has 0 unspecified atom stereocenters. The maximum absolute atomic E-state index is 11.6. The molecule has 8 nitrogen and oxygen atoms in total. The maximum Gasteiger partial charge on any atom is 0.259 e. The molecular formula is C15H17N5O3. The largest absolute Gasteiger partial charge is 0.483 e. The van der Waals surface area contributed by atoms with Crippen molar-refractivity contribution in [2.45, 2.75) is 0 Å². The molecule has 1 aromatic heterocycles. The Balaban J connectivity index is 2.35. The van der Waals surface area contributed by atoms with Crippen molar-refractivity contribution in [3.63, 3.8) is 0 Å². The second kappa shape index (κ2) is 6.73. The number of ether oxygens (including phenoxy) is 1. The Hall–Kier alpha value is -3.16. The maximum atomic E-state index is 11.6. The highest BCUT2D eigenvalue weighted by atomic mass is 16.5. The van der Waals surface area contributed by atoms with Crippen molar-refractivity contribution in [2.75, 3.05) is 26.4 Å². The van der Waals surface area contributed by atoms with Gasteiger partial charge in [0, 0.05) is 25.9 Å². The number of nitrogens with zero attached hydrogens (tertiary/aromatic N) is 3. The van der Waals surface area contributed by atoms with Crippen LogP contribution in [0.5, 0.6) is 5.75 Å². The van der Waals surface area contributed by atoms with Gasteiger partial charge >= 0.3 is 0 Å². The fourth-order valence-electron chi connectivity index (χ4n) is 1.81. The lowest BCUT2D eigenvalue weighted by Gasteiger charge is -2.14. The van der Waals surface area contributed by atoms with Crippen molar-refractivity contribution in [1.29, 1.82) is 0 Å². The van der Waals surface area contributed by atoms with Crippen LogP contribution in [-0.4, -0.2) is 47.4 Å². The summed E-state index contributed by atoms with van der Waals surface area (Å²) in [6, 6.07) is 6.45. The fourth-order valence-corrected chi connectivity index (χ4v) is 1.81. The number of carbonyl (C=O) groups is 2. The van der Waals surface area contributed by atoms with Crippen LogP contribution in [0.3, 0.4) is 0 Å². The Labute approximate surface area is 133 Å². The van der Waals surface area contributed by atoms with E-state index in [1.807, 2.05) is 0 Å². The van der Waals surface area contributed by atoms with E-state index in [9.17, 15) is 9.59 Å². The van der Waals surface area contributed by atoms with Gasteiger partial charge in [0.15, 0.2) is 6.61 Å². The summed E-state index contributed by atoms with van der Waals surface area (Å²) in [5.41, 5.74) is 12.3. The van der Waals surface area contributed by atoms with Gasteiger partial charge in [0.25, 0.3) is 11.8 Å². The van der Waals surface area contributed by atoms with E-state index in [1.54, 1.807) is 32.3 Å². The van der Waals surface area contributed by atoms with Crippen LogP contribution in [0.2, 0.25) is 0 Å². The Morgan fingerprint density at radius 3 is 2.61 bits per heavy atom. The number of likely N-dealkylation sites (N-methyl/N-ethyl adjacent to an activating group) is 1. The number of primary amides is 1. The molecule has 0 radical (unpaired) electrons. The molecule has 1 aromatic carbocycles. The summed E-state index contributed by atoms with van der Waals surface area (Å²) in [6.07, 6.45) is 1.52. The average Bonchev–Trinajstić information content (AvgIpc) is 2.52. The molecule has 2 rings (SSSR count). The smallest absolute Gasteiger partial charge is 0.259 e. The molecule has 1 heterocycles. The first-order valence-electron chi connectivity index (χ1n) is 6.74. The lowest BCUT2D eigenvalue weighted by Crippen LogP contribution is -2.28. The first-order valence-corrected chi connectivity index (χ1v) is 6.74. The molecule has 0 saturated carbocycles. The van der Waals surface area contributed by atoms with Gasteiger partial charge in [0.1, 0.15) is 5.75 Å². The third kappa shape index (κ3) is 3.94. The summed E-state index contributed by atoms with van der Waals surface area (Å²) < 4.78 is 5.45. The number of anilines is 1. The monoisotopic (exact) mass is 315 g/mol. The summed E-state index contributed by atoms with van der Waals surface area (Å²) in [4.78, 5) is 32.5. The highest BCUT2D eigenvalue weighted by molar-refractivity contribution is 5.96. The van der Waals surface area contributed by atoms with E-state index >= 15 is 0 Å². The van der Waals surface area contributed by atoms with E-state index in [1.165, 1.54) is 17.2 Å². The number of benzene rings is 1. The summed E-state index contributed by atoms with van der Waals surface area (Å²) in [6.45, 7) is -0.206. The molecule has 0 fully saturated rings. The molecule has 8 heteroatoms. The van der Waals surface area contributed by atoms with E-state index in [0.29, 0.717) is 11.3 Å². The SMILES string of the molecule is CN(C)C(=O)COc1cc(-c2ccnc(N)n2)ccc1C(N)=O. The van der Waals surface area contributed by atoms with Crippen LogP contribution in [0.4, 0.5) is 5.95 Å². The van der Waals surface area contributed by atoms with Crippen molar-refractivity contribution in [3.05, 3.63) is 36.0 Å². The number of rotatable bonds is 5. The first kappa shape index (κ1) is 16.2. The molecule has 0 spiro atoms. The Bertz CT molecular complexity index is 746. The Morgan fingerprint density at radius 2 is 2.00 bits per heavy atom. The van der Waals surface area contributed by atoms with Crippen LogP contribution >= 0.6 is 0 Å². The zero-order valence-corrected chi connectivity index (χ0v) is 12.8. The van der Waals surface area contributed by atoms with Crippen molar-refractivity contribution < 1.29 is 14.3 Å². The zero-order chi connectivity index (χ0) is 17.0. The van der Waals surface area contributed by atoms with Crippen molar-refractivity contribution >= 4 is 17.8 Å². The third-order valence-electron chi connectivity index (χ3n) is 3.07. The van der Waals surface area contributed by atoms with Gasteiger partial charge in [-0.15, -0.1) is 0 Å². The zero-order valence-electron chi connectivity index (χ0n) is 12.8. The van der Waals surface area contributed by atoms with E-state index in [4.69, 9.17) is 16.2 Å². The minimum atomic E-state index is -0.647. The van der Waals surface area contributed by atoms with Crippen molar-refractivity contribution in [1.82, 2.24) is 14.9 Å². The molecule has 0 aliphatic heterocycles. The number of carbonyl (C=O) groups excluding carboxylic acids is 2. The lowest BCUT2D eigenvalue weighted by atomic mass is 10.1. The minimum Gasteiger partial charge on any atom is -0.483 e. The molecule has 120 valence electrons. The second-order valence-corrected chi connectivity index (χ2v) is 4.95. The van der Waals surface area contributed by atoms with Crippen LogP contribution in [0.25, 0.3) is 11.3 Å². The normalized spacial score (nSPS) is 10.2. The highest BCUT2D eigenvalue weighted by Crippen LogP contribution is 2.26. The molecule has 0 aliphatic carbocycles. The lowest BCUT2D eigenvalue weighted by molar-refractivity contribution is -0.130. The van der Waals surface area contributed by atoms with E-state index < -0.39 is 5.91 Å². The summed E-state index contributed by atoms with van der Waals surface area (Å²) in [5.74, 6) is -0.544. The number of hydrogen-bond donors (Lipinski definition) is 2. The van der Waals surface area contributed by atoms with Crippen molar-refractivity contribution in [2.24, 2.45) is 5.73 Å². The molecule has 0 bridgehead atoms. The van der Waals surface area contributed by atoms with E-state index in [0.717, 1.165) is 0 Å². The predicted octanol–water partition coefficient (Wildman–Crippen LogP) is 0.292. The van der Waals surface area contributed by atoms with Crippen LogP contribution in [0, 0.1) is 0 Å². The Morgan fingerprint density at radius 1 is 1.26 bits per heavy atom. The van der Waals surface area contributed by atoms with E-state index in [-0.39, 0.29) is 29.8 Å². The molecule has 2 amide bonds. The minimum absolute atomic E-state index is 0.131. The summed E-state index contributed by atoms with van der Waals surface area (Å²) in [5, 5.41) is 0. The molecule has 2 aromatic rings. The van der Waals surface area contributed by atoms with Gasteiger partial charge in [-0.05, 0) is 18.2 Å². The standard InChI is InChI=1S/C15H17N5O3/c1-20(2)13(21)8-23-12-7-9(3-4-10(12)14(16)22)11-5-6-18-15(17)19-11/h3-7H,8H2,1-2H3,(H2,16,22)(H2,17,18,19). The highest BCUT2D eigenvalue weighted by Gasteiger charge is 2.14. The van der Waals surface area contributed by atoms with Gasteiger partial charge < -0.3 is 21.1 Å². The predicted molar refractivity (Wildman–Crippen MR) is 84.6 cm³/mol. The number of amides is 2. The van der Waals surface area contributed by atoms with Gasteiger partial charge in [-0.25, -0.2) is 9.97 Å². The molecular weight excluding hydrogens is 298 g/mol. The average molecular weight is 315 g/mol. The van der Waals surface area contributed by atoms with Crippen LogP contribution in [-0.2, 0) is 4.79 Å². The molecule has 0 aliphatic rings. The summed E-state index contributed by atoms with van der Waals surface area (Å²) >= 11 is 0. The molecule has 0 atom stereocenters. The Kier molecular flexibility index (Phi) is 4.75. The fraction of sp³-hybridized carbons (Fsp3) is 0.200. The van der Waals surface area contributed by atoms with E-state index in [2.05, 4.69) is 9.97 Å². The molecule has 4 N–H and O–H groups in total. The second-order valence-electron chi connectivity index (χ2n) is 4.95. The topological polar surface area (TPSA) is 124 Å². The number of hydrogen-bond acceptors (Lipinski definition) is 6. The van der Waals surface area contributed by atoms with Crippen LogP contribution in [0.1, 0.15) is 10.4 Å².